The van der Waals surface area contributed by atoms with E-state index in [-0.39, 0.29) is 29.4 Å². The van der Waals surface area contributed by atoms with Gasteiger partial charge in [-0.3, -0.25) is 4.79 Å². The van der Waals surface area contributed by atoms with Crippen LogP contribution in [0.2, 0.25) is 0 Å². The van der Waals surface area contributed by atoms with Crippen molar-refractivity contribution in [2.24, 2.45) is 17.2 Å². The minimum atomic E-state index is -0.527. The summed E-state index contributed by atoms with van der Waals surface area (Å²) in [6.45, 7) is 1.83. The molecule has 2 fully saturated rings. The fourth-order valence-electron chi connectivity index (χ4n) is 5.78. The van der Waals surface area contributed by atoms with Crippen LogP contribution in [0.25, 0.3) is 10.8 Å². The number of nitrogens with one attached hydrogen (secondary N) is 2. The van der Waals surface area contributed by atoms with Crippen LogP contribution in [0.15, 0.2) is 60.7 Å². The lowest BCUT2D eigenvalue weighted by atomic mass is 10.0. The van der Waals surface area contributed by atoms with Crippen LogP contribution in [0, 0.1) is 0 Å². The number of aromatic hydroxyl groups is 1. The first-order valence-corrected chi connectivity index (χ1v) is 14.3. The van der Waals surface area contributed by atoms with Crippen molar-refractivity contribution in [2.45, 2.75) is 37.1 Å². The summed E-state index contributed by atoms with van der Waals surface area (Å²) in [4.78, 5) is 30.9. The number of carbonyl (C=O) groups is 1. The number of hydrogen-bond acceptors (Lipinski definition) is 12. The molecule has 2 aliphatic heterocycles. The van der Waals surface area contributed by atoms with Gasteiger partial charge in [0, 0.05) is 61.1 Å². The van der Waals surface area contributed by atoms with Crippen molar-refractivity contribution >= 4 is 45.9 Å². The normalized spacial score (nSPS) is 22.1. The summed E-state index contributed by atoms with van der Waals surface area (Å²) in [6, 6.07) is 17.5. The maximum atomic E-state index is 13.0. The minimum absolute atomic E-state index is 0.0617. The number of aromatic nitrogens is 3. The Hall–Kier alpha value is -4.56. The third-order valence-corrected chi connectivity index (χ3v) is 7.88. The van der Waals surface area contributed by atoms with Crippen LogP contribution in [0.3, 0.4) is 0 Å². The standard InChI is InChI=1S/C30H36N10O3/c31-13-22-12-23(41)16-40(22)30-37-28(36-29(38-30)39-14-18(32)11-19(33)15-39)35-21-8-6-20(7-9-21)34-27(43)25-10-5-17-3-1-2-4-24(17)26(25)42/h1-10,18-19,22-23,41-42H,11-16,31-33H2,(H,34,43)(H,35,36,37,38)/t18-,19+,22-,23+/m0/s1. The van der Waals surface area contributed by atoms with E-state index in [1.807, 2.05) is 28.0 Å². The van der Waals surface area contributed by atoms with Gasteiger partial charge in [-0.05, 0) is 48.6 Å². The van der Waals surface area contributed by atoms with Crippen LogP contribution in [-0.4, -0.2) is 81.5 Å². The van der Waals surface area contributed by atoms with Gasteiger partial charge in [0.05, 0.1) is 11.7 Å². The molecule has 3 heterocycles. The molecule has 4 atom stereocenters. The molecule has 3 aromatic carbocycles. The molecule has 13 heteroatoms. The Labute approximate surface area is 248 Å². The molecule has 0 spiro atoms. The van der Waals surface area contributed by atoms with E-state index in [4.69, 9.17) is 22.2 Å². The second-order valence-corrected chi connectivity index (χ2v) is 11.2. The van der Waals surface area contributed by atoms with E-state index in [0.29, 0.717) is 67.2 Å². The number of nitrogens with zero attached hydrogens (tertiary/aromatic N) is 5. The second-order valence-electron chi connectivity index (χ2n) is 11.2. The summed E-state index contributed by atoms with van der Waals surface area (Å²) in [6.07, 6.45) is 0.724. The van der Waals surface area contributed by atoms with Gasteiger partial charge in [0.2, 0.25) is 17.8 Å². The fraction of sp³-hybridized carbons (Fsp3) is 0.333. The lowest BCUT2D eigenvalue weighted by molar-refractivity contribution is 0.102. The van der Waals surface area contributed by atoms with E-state index in [1.165, 1.54) is 0 Å². The largest absolute Gasteiger partial charge is 0.506 e. The number of nitrogens with two attached hydrogens (primary N) is 3. The van der Waals surface area contributed by atoms with Crippen LogP contribution >= 0.6 is 0 Å². The Morgan fingerprint density at radius 2 is 1.58 bits per heavy atom. The van der Waals surface area contributed by atoms with E-state index in [9.17, 15) is 15.0 Å². The molecule has 0 radical (unpaired) electrons. The molecule has 0 unspecified atom stereocenters. The van der Waals surface area contributed by atoms with Crippen molar-refractivity contribution in [1.29, 1.82) is 0 Å². The number of anilines is 5. The van der Waals surface area contributed by atoms with Crippen LogP contribution in [-0.2, 0) is 0 Å². The number of β-amino-alcohol motifs (C(OH)–C–C–N with tert-alkyl or cyclic N) is 1. The third kappa shape index (κ3) is 6.15. The minimum Gasteiger partial charge on any atom is -0.506 e. The lowest BCUT2D eigenvalue weighted by Crippen LogP contribution is -2.53. The smallest absolute Gasteiger partial charge is 0.259 e. The van der Waals surface area contributed by atoms with Crippen LogP contribution in [0.4, 0.5) is 29.2 Å². The monoisotopic (exact) mass is 584 g/mol. The van der Waals surface area contributed by atoms with Gasteiger partial charge in [-0.25, -0.2) is 0 Å². The van der Waals surface area contributed by atoms with Gasteiger partial charge >= 0.3 is 0 Å². The summed E-state index contributed by atoms with van der Waals surface area (Å²) in [5.41, 5.74) is 19.9. The Morgan fingerprint density at radius 3 is 2.33 bits per heavy atom. The molecular formula is C30H36N10O3. The highest BCUT2D eigenvalue weighted by Gasteiger charge is 2.33. The number of benzene rings is 3. The van der Waals surface area contributed by atoms with E-state index in [1.54, 1.807) is 42.5 Å². The number of piperidine rings is 1. The van der Waals surface area contributed by atoms with Crippen molar-refractivity contribution in [3.05, 3.63) is 66.2 Å². The molecule has 0 saturated carbocycles. The maximum Gasteiger partial charge on any atom is 0.259 e. The van der Waals surface area contributed by atoms with Crippen molar-refractivity contribution in [3.8, 4) is 5.75 Å². The zero-order chi connectivity index (χ0) is 30.1. The van der Waals surface area contributed by atoms with Gasteiger partial charge in [0.1, 0.15) is 5.75 Å². The number of aliphatic hydroxyl groups excluding tert-OH is 1. The number of fused-ring (bicyclic) bond motifs is 1. The van der Waals surface area contributed by atoms with Crippen LogP contribution < -0.4 is 37.6 Å². The quantitative estimate of drug-likeness (QED) is 0.165. The highest BCUT2D eigenvalue weighted by atomic mass is 16.3. The molecule has 0 bridgehead atoms. The molecule has 6 rings (SSSR count). The third-order valence-electron chi connectivity index (χ3n) is 7.88. The number of phenols is 1. The average Bonchev–Trinajstić information content (AvgIpc) is 3.38. The first-order valence-electron chi connectivity index (χ1n) is 14.3. The predicted molar refractivity (Wildman–Crippen MR) is 167 cm³/mol. The van der Waals surface area contributed by atoms with E-state index >= 15 is 0 Å². The lowest BCUT2D eigenvalue weighted by Gasteiger charge is -2.35. The summed E-state index contributed by atoms with van der Waals surface area (Å²) < 4.78 is 0. The van der Waals surface area contributed by atoms with E-state index < -0.39 is 12.0 Å². The second kappa shape index (κ2) is 12.0. The van der Waals surface area contributed by atoms with Crippen molar-refractivity contribution < 1.29 is 15.0 Å². The highest BCUT2D eigenvalue weighted by Crippen LogP contribution is 2.30. The first-order chi connectivity index (χ1) is 20.8. The number of carbonyl (C=O) groups excluding carboxylic acids is 1. The summed E-state index contributed by atoms with van der Waals surface area (Å²) in [5.74, 6) is 0.674. The first kappa shape index (κ1) is 28.6. The Morgan fingerprint density at radius 1 is 0.884 bits per heavy atom. The predicted octanol–water partition coefficient (Wildman–Crippen LogP) is 1.49. The molecule has 1 aromatic heterocycles. The molecule has 2 aliphatic rings. The van der Waals surface area contributed by atoms with Gasteiger partial charge < -0.3 is 47.8 Å². The fourth-order valence-corrected chi connectivity index (χ4v) is 5.78. The molecule has 224 valence electrons. The Kier molecular flexibility index (Phi) is 7.95. The number of aliphatic hydroxyl groups is 1. The highest BCUT2D eigenvalue weighted by molar-refractivity contribution is 6.09. The topological polar surface area (TPSA) is 205 Å². The zero-order valence-electron chi connectivity index (χ0n) is 23.6. The number of amides is 1. The molecule has 2 saturated heterocycles. The van der Waals surface area contributed by atoms with Crippen molar-refractivity contribution in [2.75, 3.05) is 46.6 Å². The summed E-state index contributed by atoms with van der Waals surface area (Å²) in [5, 5.41) is 28.5. The number of rotatable bonds is 7. The van der Waals surface area contributed by atoms with Crippen molar-refractivity contribution in [1.82, 2.24) is 15.0 Å². The van der Waals surface area contributed by atoms with Crippen molar-refractivity contribution in [3.63, 3.8) is 0 Å². The van der Waals surface area contributed by atoms with Gasteiger partial charge in [-0.2, -0.15) is 15.0 Å². The van der Waals surface area contributed by atoms with Crippen LogP contribution in [0.5, 0.6) is 5.75 Å². The van der Waals surface area contributed by atoms with Gasteiger partial charge in [-0.1, -0.05) is 30.3 Å². The Bertz CT molecular complexity index is 1610. The molecule has 4 aromatic rings. The number of phenolic OH excluding ortho intramolecular Hbond substituents is 1. The summed E-state index contributed by atoms with van der Waals surface area (Å²) >= 11 is 0. The number of hydrogen-bond donors (Lipinski definition) is 7. The van der Waals surface area contributed by atoms with E-state index in [0.717, 1.165) is 11.8 Å². The van der Waals surface area contributed by atoms with Gasteiger partial charge in [0.25, 0.3) is 5.91 Å². The molecule has 43 heavy (non-hydrogen) atoms. The molecule has 10 N–H and O–H groups in total. The maximum absolute atomic E-state index is 13.0. The zero-order valence-corrected chi connectivity index (χ0v) is 23.6. The summed E-state index contributed by atoms with van der Waals surface area (Å²) in [7, 11) is 0. The Balaban J connectivity index is 1.22. The molecule has 0 aliphatic carbocycles. The van der Waals surface area contributed by atoms with Gasteiger partial charge in [0.15, 0.2) is 0 Å². The SMILES string of the molecule is NC[C@@H]1C[C@@H](O)CN1c1nc(Nc2ccc(NC(=O)c3ccc4ccccc4c3O)cc2)nc(N2C[C@H](N)C[C@H](N)C2)n1. The molecule has 1 amide bonds. The van der Waals surface area contributed by atoms with Gasteiger partial charge in [-0.15, -0.1) is 0 Å². The molecule has 13 nitrogen and oxygen atoms in total. The van der Waals surface area contributed by atoms with E-state index in [2.05, 4.69) is 20.6 Å². The molecular weight excluding hydrogens is 548 g/mol. The van der Waals surface area contributed by atoms with Crippen LogP contribution in [0.1, 0.15) is 23.2 Å². The average molecular weight is 585 g/mol.